The number of anilines is 1. The molecule has 1 aliphatic heterocycles. The molecule has 1 atom stereocenters. The number of amides is 2. The second-order valence-corrected chi connectivity index (χ2v) is 6.30. The lowest BCUT2D eigenvalue weighted by Crippen LogP contribution is -2.53. The number of rotatable bonds is 3. The Labute approximate surface area is 144 Å². The number of carbonyl (C=O) groups excluding carboxylic acids is 1. The van der Waals surface area contributed by atoms with E-state index < -0.39 is 11.7 Å². The molecule has 4 nitrogen and oxygen atoms in total. The van der Waals surface area contributed by atoms with Gasteiger partial charge in [0, 0.05) is 32.2 Å². The molecular formula is C16H21ClF3N3O. The van der Waals surface area contributed by atoms with Crippen LogP contribution in [0.4, 0.5) is 23.7 Å². The molecule has 1 heterocycles. The zero-order valence-electron chi connectivity index (χ0n) is 13.7. The average molecular weight is 364 g/mol. The predicted molar refractivity (Wildman–Crippen MR) is 88.5 cm³/mol. The van der Waals surface area contributed by atoms with Crippen molar-refractivity contribution in [1.82, 2.24) is 10.2 Å². The first-order valence-corrected chi connectivity index (χ1v) is 8.27. The summed E-state index contributed by atoms with van der Waals surface area (Å²) in [7, 11) is 0. The third kappa shape index (κ3) is 4.47. The second-order valence-electron chi connectivity index (χ2n) is 5.90. The molecule has 1 N–H and O–H groups in total. The van der Waals surface area contributed by atoms with E-state index in [4.69, 9.17) is 11.6 Å². The van der Waals surface area contributed by atoms with Crippen molar-refractivity contribution in [3.05, 3.63) is 28.8 Å². The standard InChI is InChI=1S/C16H21ClF3N3O/c1-3-11(2)21-15(24)23-8-6-22(7-9-23)14-10-12(16(18,19)20)4-5-13(14)17/h4-5,10-11H,3,6-9H2,1-2H3,(H,21,24). The molecule has 0 aromatic heterocycles. The quantitative estimate of drug-likeness (QED) is 0.881. The Hall–Kier alpha value is -1.63. The van der Waals surface area contributed by atoms with Crippen LogP contribution in [0, 0.1) is 0 Å². The summed E-state index contributed by atoms with van der Waals surface area (Å²) in [5.74, 6) is 0. The van der Waals surface area contributed by atoms with Crippen molar-refractivity contribution < 1.29 is 18.0 Å². The summed E-state index contributed by atoms with van der Waals surface area (Å²) in [4.78, 5) is 15.5. The van der Waals surface area contributed by atoms with E-state index >= 15 is 0 Å². The van der Waals surface area contributed by atoms with E-state index in [1.165, 1.54) is 6.07 Å². The maximum Gasteiger partial charge on any atom is 0.416 e. The Balaban J connectivity index is 2.03. The number of carbonyl (C=O) groups is 1. The Morgan fingerprint density at radius 2 is 1.92 bits per heavy atom. The van der Waals surface area contributed by atoms with Crippen LogP contribution in [-0.4, -0.2) is 43.2 Å². The first-order valence-electron chi connectivity index (χ1n) is 7.89. The van der Waals surface area contributed by atoms with Crippen LogP contribution in [0.5, 0.6) is 0 Å². The van der Waals surface area contributed by atoms with Gasteiger partial charge in [-0.15, -0.1) is 0 Å². The maximum absolute atomic E-state index is 12.9. The fraction of sp³-hybridized carbons (Fsp3) is 0.562. The molecule has 0 saturated carbocycles. The van der Waals surface area contributed by atoms with Crippen molar-refractivity contribution in [1.29, 1.82) is 0 Å². The van der Waals surface area contributed by atoms with Gasteiger partial charge in [-0.2, -0.15) is 13.2 Å². The number of alkyl halides is 3. The summed E-state index contributed by atoms with van der Waals surface area (Å²) in [6.45, 7) is 5.67. The molecule has 8 heteroatoms. The maximum atomic E-state index is 12.9. The molecule has 134 valence electrons. The van der Waals surface area contributed by atoms with Crippen LogP contribution in [0.3, 0.4) is 0 Å². The van der Waals surface area contributed by atoms with Gasteiger partial charge in [-0.05, 0) is 31.5 Å². The Kier molecular flexibility index (Phi) is 5.85. The summed E-state index contributed by atoms with van der Waals surface area (Å²) in [5.41, 5.74) is -0.368. The highest BCUT2D eigenvalue weighted by atomic mass is 35.5. The van der Waals surface area contributed by atoms with Crippen LogP contribution in [0.2, 0.25) is 5.02 Å². The first-order chi connectivity index (χ1) is 11.2. The van der Waals surface area contributed by atoms with Gasteiger partial charge in [0.2, 0.25) is 0 Å². The van der Waals surface area contributed by atoms with Gasteiger partial charge in [-0.3, -0.25) is 0 Å². The third-order valence-corrected chi connectivity index (χ3v) is 4.48. The van der Waals surface area contributed by atoms with Gasteiger partial charge in [0.15, 0.2) is 0 Å². The summed E-state index contributed by atoms with van der Waals surface area (Å²) in [6.07, 6.45) is -3.57. The monoisotopic (exact) mass is 363 g/mol. The summed E-state index contributed by atoms with van der Waals surface area (Å²) >= 11 is 6.06. The zero-order valence-corrected chi connectivity index (χ0v) is 14.4. The van der Waals surface area contributed by atoms with Crippen molar-refractivity contribution in [2.24, 2.45) is 0 Å². The molecule has 1 aliphatic rings. The van der Waals surface area contributed by atoms with Gasteiger partial charge in [0.1, 0.15) is 0 Å². The van der Waals surface area contributed by atoms with E-state index in [0.29, 0.717) is 31.9 Å². The zero-order chi connectivity index (χ0) is 17.9. The van der Waals surface area contributed by atoms with Gasteiger partial charge in [0.05, 0.1) is 16.3 Å². The molecular weight excluding hydrogens is 343 g/mol. The molecule has 0 spiro atoms. The number of urea groups is 1. The van der Waals surface area contributed by atoms with Crippen molar-refractivity contribution in [2.75, 3.05) is 31.1 Å². The van der Waals surface area contributed by atoms with E-state index in [1.54, 1.807) is 9.80 Å². The fourth-order valence-corrected chi connectivity index (χ4v) is 2.72. The van der Waals surface area contributed by atoms with E-state index in [-0.39, 0.29) is 17.1 Å². The Morgan fingerprint density at radius 3 is 2.46 bits per heavy atom. The lowest BCUT2D eigenvalue weighted by molar-refractivity contribution is -0.137. The van der Waals surface area contributed by atoms with Crippen LogP contribution in [0.15, 0.2) is 18.2 Å². The SMILES string of the molecule is CCC(C)NC(=O)N1CCN(c2cc(C(F)(F)F)ccc2Cl)CC1. The van der Waals surface area contributed by atoms with E-state index in [1.807, 2.05) is 13.8 Å². The Bertz CT molecular complexity index is 586. The highest BCUT2D eigenvalue weighted by Crippen LogP contribution is 2.35. The second kappa shape index (κ2) is 7.51. The van der Waals surface area contributed by atoms with Crippen molar-refractivity contribution in [2.45, 2.75) is 32.5 Å². The minimum atomic E-state index is -4.41. The lowest BCUT2D eigenvalue weighted by Gasteiger charge is -2.37. The molecule has 2 rings (SSSR count). The average Bonchev–Trinajstić information content (AvgIpc) is 2.54. The minimum Gasteiger partial charge on any atom is -0.367 e. The topological polar surface area (TPSA) is 35.6 Å². The van der Waals surface area contributed by atoms with Gasteiger partial charge in [-0.1, -0.05) is 18.5 Å². The molecule has 0 radical (unpaired) electrons. The van der Waals surface area contributed by atoms with Gasteiger partial charge in [-0.25, -0.2) is 4.79 Å². The number of nitrogens with one attached hydrogen (secondary N) is 1. The number of nitrogens with zero attached hydrogens (tertiary/aromatic N) is 2. The fourth-order valence-electron chi connectivity index (χ4n) is 2.49. The molecule has 1 unspecified atom stereocenters. The van der Waals surface area contributed by atoms with E-state index in [9.17, 15) is 18.0 Å². The molecule has 1 aromatic carbocycles. The van der Waals surface area contributed by atoms with Crippen molar-refractivity contribution >= 4 is 23.3 Å². The number of hydrogen-bond acceptors (Lipinski definition) is 2. The van der Waals surface area contributed by atoms with Crippen molar-refractivity contribution in [3.8, 4) is 0 Å². The van der Waals surface area contributed by atoms with E-state index in [2.05, 4.69) is 5.32 Å². The highest BCUT2D eigenvalue weighted by Gasteiger charge is 2.32. The number of halogens is 4. The third-order valence-electron chi connectivity index (χ3n) is 4.16. The van der Waals surface area contributed by atoms with Gasteiger partial charge in [0.25, 0.3) is 0 Å². The van der Waals surface area contributed by atoms with Crippen LogP contribution in [0.1, 0.15) is 25.8 Å². The molecule has 1 aromatic rings. The number of benzene rings is 1. The highest BCUT2D eigenvalue weighted by molar-refractivity contribution is 6.33. The summed E-state index contributed by atoms with van der Waals surface area (Å²) in [5, 5.41) is 3.17. The van der Waals surface area contributed by atoms with Crippen LogP contribution in [-0.2, 0) is 6.18 Å². The van der Waals surface area contributed by atoms with Crippen molar-refractivity contribution in [3.63, 3.8) is 0 Å². The number of hydrogen-bond donors (Lipinski definition) is 1. The van der Waals surface area contributed by atoms with Gasteiger partial charge >= 0.3 is 12.2 Å². The predicted octanol–water partition coefficient (Wildman–Crippen LogP) is 3.99. The normalized spacial score (nSPS) is 16.9. The molecule has 0 bridgehead atoms. The molecule has 1 fully saturated rings. The van der Waals surface area contributed by atoms with E-state index in [0.717, 1.165) is 18.6 Å². The smallest absolute Gasteiger partial charge is 0.367 e. The largest absolute Gasteiger partial charge is 0.416 e. The molecule has 24 heavy (non-hydrogen) atoms. The Morgan fingerprint density at radius 1 is 1.29 bits per heavy atom. The number of piperazine rings is 1. The summed E-state index contributed by atoms with van der Waals surface area (Å²) < 4.78 is 38.6. The molecule has 0 aliphatic carbocycles. The molecule has 2 amide bonds. The van der Waals surface area contributed by atoms with Crippen LogP contribution >= 0.6 is 11.6 Å². The molecule has 1 saturated heterocycles. The van der Waals surface area contributed by atoms with Crippen LogP contribution in [0.25, 0.3) is 0 Å². The summed E-state index contributed by atoms with van der Waals surface area (Å²) in [6, 6.07) is 3.26. The minimum absolute atomic E-state index is 0.0911. The van der Waals surface area contributed by atoms with Gasteiger partial charge < -0.3 is 15.1 Å². The first kappa shape index (κ1) is 18.7. The van der Waals surface area contributed by atoms with Crippen LogP contribution < -0.4 is 10.2 Å². The lowest BCUT2D eigenvalue weighted by atomic mass is 10.1.